The molecule has 0 aliphatic rings. The van der Waals surface area contributed by atoms with Crippen LogP contribution in [0, 0.1) is 5.41 Å². The highest BCUT2D eigenvalue weighted by Gasteiger charge is 2.12. The molecule has 0 aliphatic heterocycles. The van der Waals surface area contributed by atoms with E-state index in [1.807, 2.05) is 6.07 Å². The van der Waals surface area contributed by atoms with Crippen molar-refractivity contribution >= 4 is 12.0 Å². The number of hydrogen-bond acceptors (Lipinski definition) is 2. The second kappa shape index (κ2) is 5.01. The molecule has 0 unspecified atom stereocenters. The molecule has 0 atom stereocenters. The lowest BCUT2D eigenvalue weighted by Gasteiger charge is -2.18. The van der Waals surface area contributed by atoms with E-state index in [0.29, 0.717) is 17.9 Å². The maximum atomic E-state index is 11.7. The Labute approximate surface area is 96.5 Å². The Morgan fingerprint density at radius 1 is 1.50 bits per heavy atom. The molecule has 88 valence electrons. The summed E-state index contributed by atoms with van der Waals surface area (Å²) in [5.41, 5.74) is 0.750. The minimum atomic E-state index is -0.0497. The van der Waals surface area contributed by atoms with Gasteiger partial charge in [0.15, 0.2) is 0 Å². The first-order chi connectivity index (χ1) is 7.38. The lowest BCUT2D eigenvalue weighted by molar-refractivity contribution is -0.117. The van der Waals surface area contributed by atoms with Crippen LogP contribution in [-0.2, 0) is 4.79 Å². The number of furan rings is 1. The molecular weight excluding hydrogens is 202 g/mol. The number of rotatable bonds is 3. The van der Waals surface area contributed by atoms with Gasteiger partial charge in [0.2, 0.25) is 5.91 Å². The molecule has 1 aromatic rings. The SMILES string of the molecule is C/C(=C\c1ccco1)C(=O)NCC(C)(C)C. The maximum absolute atomic E-state index is 11.7. The molecule has 1 amide bonds. The number of hydrogen-bond donors (Lipinski definition) is 1. The zero-order valence-corrected chi connectivity index (χ0v) is 10.3. The molecule has 0 radical (unpaired) electrons. The Hall–Kier alpha value is -1.51. The van der Waals surface area contributed by atoms with E-state index >= 15 is 0 Å². The molecule has 16 heavy (non-hydrogen) atoms. The quantitative estimate of drug-likeness (QED) is 0.797. The molecule has 1 rings (SSSR count). The normalized spacial score (nSPS) is 12.6. The van der Waals surface area contributed by atoms with Crippen LogP contribution in [0.3, 0.4) is 0 Å². The summed E-state index contributed by atoms with van der Waals surface area (Å²) < 4.78 is 5.14. The van der Waals surface area contributed by atoms with E-state index in [0.717, 1.165) is 0 Å². The van der Waals surface area contributed by atoms with Crippen molar-refractivity contribution in [1.29, 1.82) is 0 Å². The van der Waals surface area contributed by atoms with Crippen LogP contribution in [0.4, 0.5) is 0 Å². The van der Waals surface area contributed by atoms with Gasteiger partial charge in [0.25, 0.3) is 0 Å². The number of carbonyl (C=O) groups excluding carboxylic acids is 1. The highest BCUT2D eigenvalue weighted by Crippen LogP contribution is 2.11. The first-order valence-corrected chi connectivity index (χ1v) is 5.38. The van der Waals surface area contributed by atoms with Gasteiger partial charge in [-0.3, -0.25) is 4.79 Å². The van der Waals surface area contributed by atoms with Crippen LogP contribution in [0.5, 0.6) is 0 Å². The molecule has 0 spiro atoms. The van der Waals surface area contributed by atoms with Crippen molar-refractivity contribution in [2.24, 2.45) is 5.41 Å². The lowest BCUT2D eigenvalue weighted by atomic mass is 9.97. The topological polar surface area (TPSA) is 42.2 Å². The molecule has 0 saturated carbocycles. The summed E-state index contributed by atoms with van der Waals surface area (Å²) in [4.78, 5) is 11.7. The molecule has 1 aromatic heterocycles. The van der Waals surface area contributed by atoms with Crippen LogP contribution in [-0.4, -0.2) is 12.5 Å². The second-order valence-electron chi connectivity index (χ2n) is 5.09. The van der Waals surface area contributed by atoms with Crippen molar-refractivity contribution in [1.82, 2.24) is 5.32 Å². The largest absolute Gasteiger partial charge is 0.465 e. The summed E-state index contributed by atoms with van der Waals surface area (Å²) in [5.74, 6) is 0.648. The summed E-state index contributed by atoms with van der Waals surface area (Å²) in [5, 5.41) is 2.89. The summed E-state index contributed by atoms with van der Waals surface area (Å²) in [6, 6.07) is 3.62. The molecule has 0 aromatic carbocycles. The van der Waals surface area contributed by atoms with Gasteiger partial charge in [-0.05, 0) is 30.5 Å². The predicted molar refractivity (Wildman–Crippen MR) is 64.8 cm³/mol. The first kappa shape index (κ1) is 12.6. The number of amides is 1. The van der Waals surface area contributed by atoms with Gasteiger partial charge in [-0.25, -0.2) is 0 Å². The smallest absolute Gasteiger partial charge is 0.247 e. The van der Waals surface area contributed by atoms with Crippen LogP contribution < -0.4 is 5.32 Å². The molecular formula is C13H19NO2. The van der Waals surface area contributed by atoms with E-state index in [4.69, 9.17) is 4.42 Å². The Bertz CT molecular complexity index is 369. The fourth-order valence-corrected chi connectivity index (χ4v) is 1.14. The van der Waals surface area contributed by atoms with E-state index in [-0.39, 0.29) is 11.3 Å². The fourth-order valence-electron chi connectivity index (χ4n) is 1.14. The highest BCUT2D eigenvalue weighted by molar-refractivity contribution is 5.96. The minimum absolute atomic E-state index is 0.0497. The van der Waals surface area contributed by atoms with Crippen LogP contribution in [0.1, 0.15) is 33.5 Å². The summed E-state index contributed by atoms with van der Waals surface area (Å²) in [6.07, 6.45) is 3.32. The van der Waals surface area contributed by atoms with Crippen molar-refractivity contribution in [3.63, 3.8) is 0 Å². The Morgan fingerprint density at radius 3 is 2.69 bits per heavy atom. The lowest BCUT2D eigenvalue weighted by Crippen LogP contribution is -2.32. The third-order valence-corrected chi connectivity index (χ3v) is 2.04. The second-order valence-corrected chi connectivity index (χ2v) is 5.09. The Balaban J connectivity index is 2.55. The van der Waals surface area contributed by atoms with Gasteiger partial charge in [-0.2, -0.15) is 0 Å². The molecule has 1 heterocycles. The van der Waals surface area contributed by atoms with Gasteiger partial charge < -0.3 is 9.73 Å². The molecule has 0 aliphatic carbocycles. The van der Waals surface area contributed by atoms with Crippen molar-refractivity contribution in [3.8, 4) is 0 Å². The van der Waals surface area contributed by atoms with E-state index in [1.165, 1.54) is 0 Å². The number of nitrogens with one attached hydrogen (secondary N) is 1. The third-order valence-electron chi connectivity index (χ3n) is 2.04. The van der Waals surface area contributed by atoms with E-state index in [9.17, 15) is 4.79 Å². The summed E-state index contributed by atoms with van der Waals surface area (Å²) >= 11 is 0. The van der Waals surface area contributed by atoms with Crippen molar-refractivity contribution < 1.29 is 9.21 Å². The molecule has 0 saturated heterocycles. The van der Waals surface area contributed by atoms with Crippen LogP contribution in [0.2, 0.25) is 0 Å². The Morgan fingerprint density at radius 2 is 2.19 bits per heavy atom. The summed E-state index contributed by atoms with van der Waals surface area (Å²) in [6.45, 7) is 8.69. The monoisotopic (exact) mass is 221 g/mol. The predicted octanol–water partition coefficient (Wildman–Crippen LogP) is 2.85. The van der Waals surface area contributed by atoms with Gasteiger partial charge in [0, 0.05) is 12.1 Å². The van der Waals surface area contributed by atoms with E-state index in [2.05, 4.69) is 26.1 Å². The fraction of sp³-hybridized carbons (Fsp3) is 0.462. The average molecular weight is 221 g/mol. The average Bonchev–Trinajstić information content (AvgIpc) is 2.65. The van der Waals surface area contributed by atoms with Crippen molar-refractivity contribution in [2.45, 2.75) is 27.7 Å². The third kappa shape index (κ3) is 4.34. The first-order valence-electron chi connectivity index (χ1n) is 5.38. The van der Waals surface area contributed by atoms with E-state index < -0.39 is 0 Å². The molecule has 3 nitrogen and oxygen atoms in total. The molecule has 3 heteroatoms. The Kier molecular flexibility index (Phi) is 3.93. The van der Waals surface area contributed by atoms with Gasteiger partial charge >= 0.3 is 0 Å². The van der Waals surface area contributed by atoms with Gasteiger partial charge in [0.1, 0.15) is 5.76 Å². The van der Waals surface area contributed by atoms with Gasteiger partial charge in [0.05, 0.1) is 6.26 Å². The number of carbonyl (C=O) groups is 1. The maximum Gasteiger partial charge on any atom is 0.247 e. The van der Waals surface area contributed by atoms with Gasteiger partial charge in [-0.1, -0.05) is 20.8 Å². The molecule has 1 N–H and O–H groups in total. The highest BCUT2D eigenvalue weighted by atomic mass is 16.3. The molecule has 0 bridgehead atoms. The van der Waals surface area contributed by atoms with Crippen molar-refractivity contribution in [2.75, 3.05) is 6.54 Å². The summed E-state index contributed by atoms with van der Waals surface area (Å²) in [7, 11) is 0. The zero-order valence-electron chi connectivity index (χ0n) is 10.3. The standard InChI is InChI=1S/C13H19NO2/c1-10(8-11-6-5-7-16-11)12(15)14-9-13(2,3)4/h5-8H,9H2,1-4H3,(H,14,15)/b10-8+. The van der Waals surface area contributed by atoms with E-state index in [1.54, 1.807) is 25.3 Å². The molecule has 0 fully saturated rings. The van der Waals surface area contributed by atoms with Crippen LogP contribution >= 0.6 is 0 Å². The van der Waals surface area contributed by atoms with Crippen molar-refractivity contribution in [3.05, 3.63) is 29.7 Å². The van der Waals surface area contributed by atoms with Gasteiger partial charge in [-0.15, -0.1) is 0 Å². The van der Waals surface area contributed by atoms with Crippen LogP contribution in [0.25, 0.3) is 6.08 Å². The minimum Gasteiger partial charge on any atom is -0.465 e. The zero-order chi connectivity index (χ0) is 12.2. The van der Waals surface area contributed by atoms with Crippen LogP contribution in [0.15, 0.2) is 28.4 Å².